The van der Waals surface area contributed by atoms with Crippen LogP contribution in [0.25, 0.3) is 0 Å². The van der Waals surface area contributed by atoms with Crippen molar-refractivity contribution in [3.63, 3.8) is 0 Å². The van der Waals surface area contributed by atoms with Crippen LogP contribution in [0.15, 0.2) is 36.7 Å². The summed E-state index contributed by atoms with van der Waals surface area (Å²) in [5.74, 6) is 1.30. The maximum atomic E-state index is 12.9. The van der Waals surface area contributed by atoms with Crippen molar-refractivity contribution in [2.75, 3.05) is 26.2 Å². The number of rotatable bonds is 6. The maximum Gasteiger partial charge on any atom is 0.234 e. The number of carbonyl (C=O) groups is 1. The molecule has 1 fully saturated rings. The molecule has 0 aliphatic carbocycles. The smallest absolute Gasteiger partial charge is 0.234 e. The van der Waals surface area contributed by atoms with Gasteiger partial charge in [0.25, 0.3) is 0 Å². The van der Waals surface area contributed by atoms with Gasteiger partial charge >= 0.3 is 0 Å². The van der Waals surface area contributed by atoms with Gasteiger partial charge in [-0.15, -0.1) is 0 Å². The minimum Gasteiger partial charge on any atom is -0.355 e. The molecule has 1 aliphatic rings. The molecular formula is C19H25FN4O. The fourth-order valence-corrected chi connectivity index (χ4v) is 3.44. The van der Waals surface area contributed by atoms with Crippen molar-refractivity contribution in [1.29, 1.82) is 0 Å². The van der Waals surface area contributed by atoms with E-state index in [1.165, 1.54) is 12.1 Å². The van der Waals surface area contributed by atoms with E-state index in [9.17, 15) is 9.18 Å². The normalized spacial score (nSPS) is 18.2. The minimum atomic E-state index is -0.236. The van der Waals surface area contributed by atoms with Crippen LogP contribution in [0.1, 0.15) is 30.1 Å². The summed E-state index contributed by atoms with van der Waals surface area (Å²) >= 11 is 0. The third kappa shape index (κ3) is 4.89. The fraction of sp³-hybridized carbons (Fsp3) is 0.474. The summed E-state index contributed by atoms with van der Waals surface area (Å²) < 4.78 is 14.9. The molecule has 0 bridgehead atoms. The summed E-state index contributed by atoms with van der Waals surface area (Å²) in [6.07, 6.45) is 6.71. The minimum absolute atomic E-state index is 0.0441. The zero-order valence-corrected chi connectivity index (χ0v) is 14.6. The van der Waals surface area contributed by atoms with Crippen LogP contribution in [0, 0.1) is 5.82 Å². The number of likely N-dealkylation sites (tertiary alicyclic amines) is 1. The topological polar surface area (TPSA) is 50.2 Å². The average Bonchev–Trinajstić information content (AvgIpc) is 3.03. The Bertz CT molecular complexity index is 698. The Balaban J connectivity index is 1.43. The maximum absolute atomic E-state index is 12.9. The Morgan fingerprint density at radius 1 is 1.36 bits per heavy atom. The SMILES string of the molecule is Cn1ccnc1[C@@H]1CCCN(CC(=O)NCCc2ccc(F)cc2)C1. The Morgan fingerprint density at radius 2 is 2.16 bits per heavy atom. The molecule has 25 heavy (non-hydrogen) atoms. The van der Waals surface area contributed by atoms with Crippen molar-refractivity contribution in [2.45, 2.75) is 25.2 Å². The Hall–Kier alpha value is -2.21. The van der Waals surface area contributed by atoms with Crippen molar-refractivity contribution in [3.8, 4) is 0 Å². The lowest BCUT2D eigenvalue weighted by Gasteiger charge is -2.31. The van der Waals surface area contributed by atoms with Crippen molar-refractivity contribution in [3.05, 3.63) is 53.9 Å². The van der Waals surface area contributed by atoms with Crippen molar-refractivity contribution < 1.29 is 9.18 Å². The molecule has 2 aromatic rings. The second kappa shape index (κ2) is 8.25. The lowest BCUT2D eigenvalue weighted by Crippen LogP contribution is -2.42. The standard InChI is InChI=1S/C19H25FN4O/c1-23-12-10-22-19(23)16-3-2-11-24(13-16)14-18(25)21-9-8-15-4-6-17(20)7-5-15/h4-7,10,12,16H,2-3,8-9,11,13-14H2,1H3,(H,21,25)/t16-/m1/s1. The molecule has 1 aromatic heterocycles. The first-order chi connectivity index (χ1) is 12.1. The van der Waals surface area contributed by atoms with Gasteiger partial charge in [0.05, 0.1) is 6.54 Å². The number of aryl methyl sites for hydroxylation is 1. The summed E-state index contributed by atoms with van der Waals surface area (Å²) in [5, 5.41) is 2.96. The van der Waals surface area contributed by atoms with Crippen LogP contribution >= 0.6 is 0 Å². The van der Waals surface area contributed by atoms with E-state index < -0.39 is 0 Å². The van der Waals surface area contributed by atoms with E-state index in [0.29, 0.717) is 25.4 Å². The van der Waals surface area contributed by atoms with Gasteiger partial charge in [-0.2, -0.15) is 0 Å². The lowest BCUT2D eigenvalue weighted by atomic mass is 9.97. The van der Waals surface area contributed by atoms with Crippen LogP contribution in [0.5, 0.6) is 0 Å². The molecule has 6 heteroatoms. The zero-order chi connectivity index (χ0) is 17.6. The predicted octanol–water partition coefficient (Wildman–Crippen LogP) is 2.10. The number of aromatic nitrogens is 2. The summed E-state index contributed by atoms with van der Waals surface area (Å²) in [5.41, 5.74) is 1.02. The first-order valence-corrected chi connectivity index (χ1v) is 8.82. The largest absolute Gasteiger partial charge is 0.355 e. The van der Waals surface area contributed by atoms with E-state index in [4.69, 9.17) is 0 Å². The molecule has 2 heterocycles. The van der Waals surface area contributed by atoms with Gasteiger partial charge in [0.1, 0.15) is 11.6 Å². The molecule has 0 radical (unpaired) electrons. The molecule has 1 atom stereocenters. The molecule has 0 unspecified atom stereocenters. The molecular weight excluding hydrogens is 319 g/mol. The molecule has 5 nitrogen and oxygen atoms in total. The zero-order valence-electron chi connectivity index (χ0n) is 14.6. The second-order valence-corrected chi connectivity index (χ2v) is 6.70. The highest BCUT2D eigenvalue weighted by atomic mass is 19.1. The first-order valence-electron chi connectivity index (χ1n) is 8.82. The molecule has 0 spiro atoms. The highest BCUT2D eigenvalue weighted by molar-refractivity contribution is 5.78. The number of benzene rings is 1. The first kappa shape index (κ1) is 17.6. The quantitative estimate of drug-likeness (QED) is 0.873. The molecule has 1 saturated heterocycles. The predicted molar refractivity (Wildman–Crippen MR) is 94.7 cm³/mol. The number of carbonyl (C=O) groups excluding carboxylic acids is 1. The summed E-state index contributed by atoms with van der Waals surface area (Å²) in [6, 6.07) is 6.40. The van der Waals surface area contributed by atoms with Gasteiger partial charge in [-0.25, -0.2) is 9.37 Å². The van der Waals surface area contributed by atoms with Crippen LogP contribution in [-0.4, -0.2) is 46.5 Å². The van der Waals surface area contributed by atoms with E-state index in [1.54, 1.807) is 12.1 Å². The number of amides is 1. The number of halogens is 1. The van der Waals surface area contributed by atoms with Gasteiger partial charge < -0.3 is 9.88 Å². The number of nitrogens with zero attached hydrogens (tertiary/aromatic N) is 3. The summed E-state index contributed by atoms with van der Waals surface area (Å²) in [6.45, 7) is 2.81. The number of nitrogens with one attached hydrogen (secondary N) is 1. The second-order valence-electron chi connectivity index (χ2n) is 6.70. The monoisotopic (exact) mass is 344 g/mol. The Kier molecular flexibility index (Phi) is 5.81. The number of hydrogen-bond donors (Lipinski definition) is 1. The highest BCUT2D eigenvalue weighted by Crippen LogP contribution is 2.25. The summed E-state index contributed by atoms with van der Waals surface area (Å²) in [4.78, 5) is 18.8. The van der Waals surface area contributed by atoms with Crippen LogP contribution in [0.2, 0.25) is 0 Å². The van der Waals surface area contributed by atoms with Gasteiger partial charge in [-0.3, -0.25) is 9.69 Å². The van der Waals surface area contributed by atoms with Gasteiger partial charge in [0, 0.05) is 38.4 Å². The van der Waals surface area contributed by atoms with Gasteiger partial charge in [0.2, 0.25) is 5.91 Å². The summed E-state index contributed by atoms with van der Waals surface area (Å²) in [7, 11) is 2.02. The van der Waals surface area contributed by atoms with Crippen LogP contribution in [0.3, 0.4) is 0 Å². The van der Waals surface area contributed by atoms with E-state index in [2.05, 4.69) is 19.8 Å². The number of piperidine rings is 1. The van der Waals surface area contributed by atoms with Gasteiger partial charge in [0.15, 0.2) is 0 Å². The van der Waals surface area contributed by atoms with Crippen LogP contribution in [-0.2, 0) is 18.3 Å². The third-order valence-corrected chi connectivity index (χ3v) is 4.75. The van der Waals surface area contributed by atoms with Crippen molar-refractivity contribution in [1.82, 2.24) is 19.8 Å². The average molecular weight is 344 g/mol. The van der Waals surface area contributed by atoms with E-state index >= 15 is 0 Å². The number of hydrogen-bond acceptors (Lipinski definition) is 3. The highest BCUT2D eigenvalue weighted by Gasteiger charge is 2.25. The van der Waals surface area contributed by atoms with Crippen LogP contribution in [0.4, 0.5) is 4.39 Å². The Morgan fingerprint density at radius 3 is 2.88 bits per heavy atom. The van der Waals surface area contributed by atoms with Crippen molar-refractivity contribution >= 4 is 5.91 Å². The molecule has 0 saturated carbocycles. The number of imidazole rings is 1. The molecule has 1 aromatic carbocycles. The lowest BCUT2D eigenvalue weighted by molar-refractivity contribution is -0.122. The van der Waals surface area contributed by atoms with Crippen LogP contribution < -0.4 is 5.32 Å². The molecule has 1 aliphatic heterocycles. The molecule has 3 rings (SSSR count). The molecule has 1 N–H and O–H groups in total. The van der Waals surface area contributed by atoms with Gasteiger partial charge in [-0.1, -0.05) is 12.1 Å². The Labute approximate surface area is 147 Å². The fourth-order valence-electron chi connectivity index (χ4n) is 3.44. The van der Waals surface area contributed by atoms with Gasteiger partial charge in [-0.05, 0) is 43.5 Å². The van der Waals surface area contributed by atoms with Crippen molar-refractivity contribution in [2.24, 2.45) is 7.05 Å². The molecule has 134 valence electrons. The molecule has 1 amide bonds. The third-order valence-electron chi connectivity index (χ3n) is 4.75. The van der Waals surface area contributed by atoms with E-state index in [-0.39, 0.29) is 11.7 Å². The van der Waals surface area contributed by atoms with E-state index in [0.717, 1.165) is 37.3 Å². The van der Waals surface area contributed by atoms with E-state index in [1.807, 2.05) is 19.4 Å².